The van der Waals surface area contributed by atoms with E-state index in [1.165, 1.54) is 7.11 Å². The third-order valence-electron chi connectivity index (χ3n) is 3.78. The second-order valence-electron chi connectivity index (χ2n) is 5.69. The summed E-state index contributed by atoms with van der Waals surface area (Å²) in [6, 6.07) is 12.7. The van der Waals surface area contributed by atoms with Crippen molar-refractivity contribution in [2.45, 2.75) is 13.5 Å². The van der Waals surface area contributed by atoms with Crippen LogP contribution in [-0.2, 0) is 16.1 Å². The van der Waals surface area contributed by atoms with Gasteiger partial charge < -0.3 is 18.6 Å². The van der Waals surface area contributed by atoms with E-state index in [1.807, 2.05) is 31.2 Å². The zero-order valence-electron chi connectivity index (χ0n) is 14.9. The predicted octanol–water partition coefficient (Wildman–Crippen LogP) is 4.43. The van der Waals surface area contributed by atoms with Crippen LogP contribution in [0.2, 0.25) is 5.02 Å². The van der Waals surface area contributed by atoms with E-state index in [2.05, 4.69) is 9.72 Å². The third-order valence-corrected chi connectivity index (χ3v) is 4.11. The van der Waals surface area contributed by atoms with Crippen LogP contribution in [0.25, 0.3) is 11.3 Å². The smallest absolute Gasteiger partial charge is 0.343 e. The molecule has 0 saturated carbocycles. The summed E-state index contributed by atoms with van der Waals surface area (Å²) in [6.07, 6.45) is 1.55. The first-order valence-corrected chi connectivity index (χ1v) is 8.57. The molecule has 3 aromatic rings. The number of halogens is 1. The molecule has 0 amide bonds. The fraction of sp³-hybridized carbons (Fsp3) is 0.200. The molecule has 3 rings (SSSR count). The van der Waals surface area contributed by atoms with Crippen molar-refractivity contribution in [1.82, 2.24) is 4.98 Å². The van der Waals surface area contributed by atoms with Crippen LogP contribution in [0.4, 0.5) is 0 Å². The lowest BCUT2D eigenvalue weighted by atomic mass is 10.2. The molecule has 27 heavy (non-hydrogen) atoms. The summed E-state index contributed by atoms with van der Waals surface area (Å²) in [5.74, 6) is 1.22. The number of rotatable bonds is 7. The lowest BCUT2D eigenvalue weighted by Crippen LogP contribution is -2.13. The second kappa shape index (κ2) is 8.60. The van der Waals surface area contributed by atoms with Gasteiger partial charge in [0, 0.05) is 5.56 Å². The lowest BCUT2D eigenvalue weighted by molar-refractivity contribution is -0.142. The average Bonchev–Trinajstić information content (AvgIpc) is 3.14. The molecule has 0 aliphatic heterocycles. The van der Waals surface area contributed by atoms with Gasteiger partial charge in [-0.2, -0.15) is 0 Å². The minimum absolute atomic E-state index is 0.140. The second-order valence-corrected chi connectivity index (χ2v) is 6.09. The Bertz CT molecular complexity index is 938. The monoisotopic (exact) mass is 387 g/mol. The van der Waals surface area contributed by atoms with Crippen LogP contribution < -0.4 is 9.47 Å². The minimum Gasteiger partial charge on any atom is -0.484 e. The highest BCUT2D eigenvalue weighted by atomic mass is 35.5. The summed E-state index contributed by atoms with van der Waals surface area (Å²) in [4.78, 5) is 15.6. The summed E-state index contributed by atoms with van der Waals surface area (Å²) in [6.45, 7) is 1.89. The highest BCUT2D eigenvalue weighted by molar-refractivity contribution is 6.33. The highest BCUT2D eigenvalue weighted by Gasteiger charge is 2.11. The molecule has 0 saturated heterocycles. The fourth-order valence-electron chi connectivity index (χ4n) is 2.38. The Morgan fingerprint density at radius 1 is 1.19 bits per heavy atom. The summed E-state index contributed by atoms with van der Waals surface area (Å²) < 4.78 is 21.1. The average molecular weight is 388 g/mol. The molecule has 0 aliphatic rings. The number of hydrogen-bond acceptors (Lipinski definition) is 6. The standard InChI is InChI=1S/C20H18ClNO5/c1-13-9-14(7-8-18(13)26-12-20(23)24-2)25-11-19-22-17(10-27-19)15-5-3-4-6-16(15)21/h3-10H,11-12H2,1-2H3. The van der Waals surface area contributed by atoms with E-state index in [0.29, 0.717) is 28.1 Å². The topological polar surface area (TPSA) is 70.8 Å². The number of benzene rings is 2. The lowest BCUT2D eigenvalue weighted by Gasteiger charge is -2.10. The highest BCUT2D eigenvalue weighted by Crippen LogP contribution is 2.27. The van der Waals surface area contributed by atoms with E-state index in [0.717, 1.165) is 11.1 Å². The van der Waals surface area contributed by atoms with Crippen LogP contribution in [-0.4, -0.2) is 24.7 Å². The van der Waals surface area contributed by atoms with Crippen molar-refractivity contribution in [2.75, 3.05) is 13.7 Å². The Labute approximate surface area is 161 Å². The van der Waals surface area contributed by atoms with Gasteiger partial charge in [0.1, 0.15) is 23.5 Å². The van der Waals surface area contributed by atoms with Crippen molar-refractivity contribution < 1.29 is 23.4 Å². The van der Waals surface area contributed by atoms with Gasteiger partial charge in [-0.15, -0.1) is 0 Å². The van der Waals surface area contributed by atoms with Gasteiger partial charge in [-0.25, -0.2) is 9.78 Å². The number of methoxy groups -OCH3 is 1. The molecule has 0 bridgehead atoms. The molecule has 2 aromatic carbocycles. The van der Waals surface area contributed by atoms with E-state index in [9.17, 15) is 4.79 Å². The molecule has 0 aliphatic carbocycles. The maximum Gasteiger partial charge on any atom is 0.343 e. The van der Waals surface area contributed by atoms with Crippen LogP contribution in [0.15, 0.2) is 53.1 Å². The first kappa shape index (κ1) is 18.8. The van der Waals surface area contributed by atoms with Gasteiger partial charge in [-0.05, 0) is 36.8 Å². The number of oxazole rings is 1. The molecule has 0 unspecified atom stereocenters. The first-order valence-electron chi connectivity index (χ1n) is 8.19. The van der Waals surface area contributed by atoms with Crippen LogP contribution in [0.1, 0.15) is 11.5 Å². The number of aryl methyl sites for hydroxylation is 1. The zero-order valence-corrected chi connectivity index (χ0v) is 15.7. The third kappa shape index (κ3) is 4.80. The van der Waals surface area contributed by atoms with E-state index < -0.39 is 5.97 Å². The molecule has 7 heteroatoms. The number of carbonyl (C=O) groups is 1. The Balaban J connectivity index is 1.61. The van der Waals surface area contributed by atoms with Gasteiger partial charge in [0.05, 0.1) is 12.1 Å². The van der Waals surface area contributed by atoms with Gasteiger partial charge in [0.15, 0.2) is 13.2 Å². The van der Waals surface area contributed by atoms with Crippen LogP contribution >= 0.6 is 11.6 Å². The molecule has 0 N–H and O–H groups in total. The van der Waals surface area contributed by atoms with E-state index >= 15 is 0 Å². The Hall–Kier alpha value is -2.99. The van der Waals surface area contributed by atoms with Crippen molar-refractivity contribution in [1.29, 1.82) is 0 Å². The molecule has 6 nitrogen and oxygen atoms in total. The number of carbonyl (C=O) groups excluding carboxylic acids is 1. The summed E-state index contributed by atoms with van der Waals surface area (Å²) in [5.41, 5.74) is 2.29. The largest absolute Gasteiger partial charge is 0.484 e. The molecule has 0 atom stereocenters. The normalized spacial score (nSPS) is 10.5. The predicted molar refractivity (Wildman–Crippen MR) is 100.0 cm³/mol. The number of nitrogens with zero attached hydrogens (tertiary/aromatic N) is 1. The maximum atomic E-state index is 11.2. The van der Waals surface area contributed by atoms with Crippen molar-refractivity contribution >= 4 is 17.6 Å². The Morgan fingerprint density at radius 3 is 2.74 bits per heavy atom. The Kier molecular flexibility index (Phi) is 5.98. The molecule has 1 aromatic heterocycles. The molecule has 0 fully saturated rings. The van der Waals surface area contributed by atoms with Gasteiger partial charge in [-0.3, -0.25) is 0 Å². The fourth-order valence-corrected chi connectivity index (χ4v) is 2.62. The molecular formula is C20H18ClNO5. The number of hydrogen-bond donors (Lipinski definition) is 0. The number of esters is 1. The quantitative estimate of drug-likeness (QED) is 0.558. The first-order chi connectivity index (χ1) is 13.1. The van der Waals surface area contributed by atoms with Crippen LogP contribution in [0, 0.1) is 6.92 Å². The zero-order chi connectivity index (χ0) is 19.2. The SMILES string of the molecule is COC(=O)COc1ccc(OCc2nc(-c3ccccc3Cl)co2)cc1C. The van der Waals surface area contributed by atoms with Crippen molar-refractivity contribution in [3.8, 4) is 22.8 Å². The van der Waals surface area contributed by atoms with Gasteiger partial charge >= 0.3 is 5.97 Å². The summed E-state index contributed by atoms with van der Waals surface area (Å²) >= 11 is 6.17. The van der Waals surface area contributed by atoms with Crippen molar-refractivity contribution in [3.63, 3.8) is 0 Å². The van der Waals surface area contributed by atoms with E-state index in [-0.39, 0.29) is 13.2 Å². The van der Waals surface area contributed by atoms with Crippen molar-refractivity contribution in [3.05, 3.63) is 65.2 Å². The number of aromatic nitrogens is 1. The summed E-state index contributed by atoms with van der Waals surface area (Å²) in [7, 11) is 1.31. The molecule has 0 radical (unpaired) electrons. The Morgan fingerprint density at radius 2 is 2.00 bits per heavy atom. The molecular weight excluding hydrogens is 370 g/mol. The molecule has 1 heterocycles. The van der Waals surface area contributed by atoms with Gasteiger partial charge in [0.25, 0.3) is 0 Å². The van der Waals surface area contributed by atoms with Gasteiger partial charge in [-0.1, -0.05) is 29.8 Å². The van der Waals surface area contributed by atoms with Crippen LogP contribution in [0.5, 0.6) is 11.5 Å². The summed E-state index contributed by atoms with van der Waals surface area (Å²) in [5, 5.41) is 0.608. The number of ether oxygens (including phenoxy) is 3. The van der Waals surface area contributed by atoms with Crippen LogP contribution in [0.3, 0.4) is 0 Å². The maximum absolute atomic E-state index is 11.2. The molecule has 140 valence electrons. The minimum atomic E-state index is -0.437. The van der Waals surface area contributed by atoms with Crippen molar-refractivity contribution in [2.24, 2.45) is 0 Å². The van der Waals surface area contributed by atoms with E-state index in [4.69, 9.17) is 25.5 Å². The van der Waals surface area contributed by atoms with Gasteiger partial charge in [0.2, 0.25) is 5.89 Å². The molecule has 0 spiro atoms. The van der Waals surface area contributed by atoms with E-state index in [1.54, 1.807) is 24.5 Å².